The molecule has 1 aromatic rings. The minimum Gasteiger partial charge on any atom is -0.338 e. The van der Waals surface area contributed by atoms with Crippen molar-refractivity contribution in [2.24, 2.45) is 0 Å². The number of hydrogen-bond acceptors (Lipinski definition) is 2. The molecule has 5 heteroatoms. The van der Waals surface area contributed by atoms with Gasteiger partial charge >= 0.3 is 0 Å². The zero-order valence-electron chi connectivity index (χ0n) is 7.04. The van der Waals surface area contributed by atoms with E-state index in [4.69, 9.17) is 23.2 Å². The molecule has 0 saturated carbocycles. The standard InChI is InChI=1S/C9H7Cl2NOS/c10-6-3-1-2-5(4-6)9-12-8(13)7(11)14-9/h1-4,7,9H,(H,12,13). The third-order valence-corrected chi connectivity index (χ3v) is 3.74. The van der Waals surface area contributed by atoms with Gasteiger partial charge in [0, 0.05) is 5.02 Å². The van der Waals surface area contributed by atoms with Crippen molar-refractivity contribution in [2.75, 3.05) is 0 Å². The van der Waals surface area contributed by atoms with Crippen molar-refractivity contribution in [2.45, 2.75) is 10.1 Å². The van der Waals surface area contributed by atoms with Crippen molar-refractivity contribution in [3.05, 3.63) is 34.9 Å². The zero-order valence-corrected chi connectivity index (χ0v) is 9.36. The fourth-order valence-corrected chi connectivity index (χ4v) is 2.73. The van der Waals surface area contributed by atoms with E-state index >= 15 is 0 Å². The normalized spacial score (nSPS) is 26.3. The maximum atomic E-state index is 11.1. The van der Waals surface area contributed by atoms with Gasteiger partial charge in [-0.25, -0.2) is 0 Å². The van der Waals surface area contributed by atoms with Crippen LogP contribution in [0, 0.1) is 0 Å². The van der Waals surface area contributed by atoms with Crippen molar-refractivity contribution >= 4 is 40.9 Å². The summed E-state index contributed by atoms with van der Waals surface area (Å²) in [6.45, 7) is 0. The Morgan fingerprint density at radius 3 is 2.79 bits per heavy atom. The predicted octanol–water partition coefficient (Wildman–Crippen LogP) is 2.77. The highest BCUT2D eigenvalue weighted by Gasteiger charge is 2.31. The van der Waals surface area contributed by atoms with Gasteiger partial charge in [-0.05, 0) is 17.7 Å². The fraction of sp³-hybridized carbons (Fsp3) is 0.222. The summed E-state index contributed by atoms with van der Waals surface area (Å²) in [6.07, 6.45) is 0. The maximum Gasteiger partial charge on any atom is 0.249 e. The molecule has 0 spiro atoms. The Balaban J connectivity index is 2.21. The number of alkyl halides is 1. The van der Waals surface area contributed by atoms with E-state index in [1.54, 1.807) is 6.07 Å². The lowest BCUT2D eigenvalue weighted by atomic mass is 10.2. The molecular weight excluding hydrogens is 241 g/mol. The highest BCUT2D eigenvalue weighted by molar-refractivity contribution is 8.02. The number of rotatable bonds is 1. The van der Waals surface area contributed by atoms with Crippen LogP contribution >= 0.6 is 35.0 Å². The first-order valence-electron chi connectivity index (χ1n) is 4.02. The van der Waals surface area contributed by atoms with E-state index in [1.165, 1.54) is 11.8 Å². The topological polar surface area (TPSA) is 29.1 Å². The molecule has 2 atom stereocenters. The van der Waals surface area contributed by atoms with Gasteiger partial charge in [0.05, 0.1) is 0 Å². The van der Waals surface area contributed by atoms with Crippen LogP contribution in [0.5, 0.6) is 0 Å². The monoisotopic (exact) mass is 247 g/mol. The Morgan fingerprint density at radius 2 is 2.21 bits per heavy atom. The van der Waals surface area contributed by atoms with Gasteiger partial charge in [-0.15, -0.1) is 23.4 Å². The SMILES string of the molecule is O=C1NC(c2cccc(Cl)c2)SC1Cl. The van der Waals surface area contributed by atoms with Gasteiger partial charge in [0.15, 0.2) is 4.71 Å². The summed E-state index contributed by atoms with van der Waals surface area (Å²) in [5.41, 5.74) is 0.971. The molecule has 1 N–H and O–H groups in total. The molecule has 1 amide bonds. The number of nitrogens with one attached hydrogen (secondary N) is 1. The van der Waals surface area contributed by atoms with E-state index < -0.39 is 4.71 Å². The van der Waals surface area contributed by atoms with Crippen LogP contribution in [0.1, 0.15) is 10.9 Å². The Kier molecular flexibility index (Phi) is 2.91. The molecule has 1 saturated heterocycles. The summed E-state index contributed by atoms with van der Waals surface area (Å²) in [5.74, 6) is -0.137. The summed E-state index contributed by atoms with van der Waals surface area (Å²) in [6, 6.07) is 7.39. The molecule has 0 radical (unpaired) electrons. The molecule has 0 aliphatic carbocycles. The van der Waals surface area contributed by atoms with Gasteiger partial charge in [0.2, 0.25) is 5.91 Å². The van der Waals surface area contributed by atoms with Crippen molar-refractivity contribution in [1.82, 2.24) is 5.32 Å². The molecule has 0 bridgehead atoms. The fourth-order valence-electron chi connectivity index (χ4n) is 1.24. The van der Waals surface area contributed by atoms with Gasteiger partial charge in [0.1, 0.15) is 5.37 Å². The lowest BCUT2D eigenvalue weighted by molar-refractivity contribution is -0.118. The molecule has 2 nitrogen and oxygen atoms in total. The molecule has 1 aromatic carbocycles. The highest BCUT2D eigenvalue weighted by atomic mass is 35.5. The molecule has 74 valence electrons. The Bertz CT molecular complexity index is 372. The quantitative estimate of drug-likeness (QED) is 0.774. The Hall–Kier alpha value is -0.380. The minimum absolute atomic E-state index is 0.0799. The second kappa shape index (κ2) is 4.01. The maximum absolute atomic E-state index is 11.1. The lowest BCUT2D eigenvalue weighted by Crippen LogP contribution is -2.21. The molecule has 1 aliphatic rings. The van der Waals surface area contributed by atoms with E-state index in [2.05, 4.69) is 5.32 Å². The van der Waals surface area contributed by atoms with Gasteiger partial charge < -0.3 is 5.32 Å². The number of hydrogen-bond donors (Lipinski definition) is 1. The van der Waals surface area contributed by atoms with Crippen molar-refractivity contribution in [1.29, 1.82) is 0 Å². The van der Waals surface area contributed by atoms with E-state index in [0.29, 0.717) is 5.02 Å². The van der Waals surface area contributed by atoms with Crippen LogP contribution in [0.25, 0.3) is 0 Å². The van der Waals surface area contributed by atoms with Crippen LogP contribution in [-0.2, 0) is 4.79 Å². The highest BCUT2D eigenvalue weighted by Crippen LogP contribution is 2.37. The van der Waals surface area contributed by atoms with Gasteiger partial charge in [-0.3, -0.25) is 4.79 Å². The van der Waals surface area contributed by atoms with Crippen LogP contribution in [0.2, 0.25) is 5.02 Å². The number of amides is 1. The molecule has 2 unspecified atom stereocenters. The second-order valence-electron chi connectivity index (χ2n) is 2.90. The molecule has 1 heterocycles. The first-order valence-corrected chi connectivity index (χ1v) is 5.78. The largest absolute Gasteiger partial charge is 0.338 e. The zero-order chi connectivity index (χ0) is 10.1. The number of carbonyl (C=O) groups excluding carboxylic acids is 1. The van der Waals surface area contributed by atoms with E-state index in [-0.39, 0.29) is 11.3 Å². The molecule has 1 aliphatic heterocycles. The molecule has 2 rings (SSSR count). The average molecular weight is 248 g/mol. The second-order valence-corrected chi connectivity index (χ2v) is 5.24. The number of benzene rings is 1. The van der Waals surface area contributed by atoms with Crippen molar-refractivity contribution in [3.8, 4) is 0 Å². The predicted molar refractivity (Wildman–Crippen MR) is 59.6 cm³/mol. The minimum atomic E-state index is -0.501. The lowest BCUT2D eigenvalue weighted by Gasteiger charge is -2.08. The van der Waals surface area contributed by atoms with Crippen molar-refractivity contribution in [3.63, 3.8) is 0 Å². The van der Waals surface area contributed by atoms with E-state index in [0.717, 1.165) is 5.56 Å². The Labute approximate surface area is 96.0 Å². The van der Waals surface area contributed by atoms with E-state index in [1.807, 2.05) is 18.2 Å². The average Bonchev–Trinajstić information content (AvgIpc) is 2.47. The van der Waals surface area contributed by atoms with Crippen LogP contribution in [0.4, 0.5) is 0 Å². The molecule has 14 heavy (non-hydrogen) atoms. The third kappa shape index (κ3) is 2.00. The van der Waals surface area contributed by atoms with Crippen LogP contribution in [0.3, 0.4) is 0 Å². The van der Waals surface area contributed by atoms with Crippen molar-refractivity contribution < 1.29 is 4.79 Å². The summed E-state index contributed by atoms with van der Waals surface area (Å²) < 4.78 is -0.501. The molecule has 0 aromatic heterocycles. The first kappa shape index (κ1) is 10.1. The first-order chi connectivity index (χ1) is 6.66. The third-order valence-electron chi connectivity index (χ3n) is 1.89. The summed E-state index contributed by atoms with van der Waals surface area (Å²) in [5, 5.41) is 3.36. The van der Waals surface area contributed by atoms with Gasteiger partial charge in [0.25, 0.3) is 0 Å². The molecular formula is C9H7Cl2NOS. The Morgan fingerprint density at radius 1 is 1.43 bits per heavy atom. The van der Waals surface area contributed by atoms with Gasteiger partial charge in [-0.1, -0.05) is 23.7 Å². The number of thioether (sulfide) groups is 1. The van der Waals surface area contributed by atoms with E-state index in [9.17, 15) is 4.79 Å². The number of carbonyl (C=O) groups is 1. The summed E-state index contributed by atoms with van der Waals surface area (Å²) in [7, 11) is 0. The van der Waals surface area contributed by atoms with Crippen LogP contribution in [0.15, 0.2) is 24.3 Å². The number of halogens is 2. The summed E-state index contributed by atoms with van der Waals surface area (Å²) >= 11 is 13.0. The summed E-state index contributed by atoms with van der Waals surface area (Å²) in [4.78, 5) is 11.1. The molecule has 1 fully saturated rings. The smallest absolute Gasteiger partial charge is 0.249 e. The van der Waals surface area contributed by atoms with Gasteiger partial charge in [-0.2, -0.15) is 0 Å². The van der Waals surface area contributed by atoms with Crippen LogP contribution in [-0.4, -0.2) is 10.6 Å². The van der Waals surface area contributed by atoms with Crippen LogP contribution < -0.4 is 5.32 Å².